The van der Waals surface area contributed by atoms with Crippen LogP contribution in [-0.4, -0.2) is 34.1 Å². The molecule has 0 aliphatic carbocycles. The van der Waals surface area contributed by atoms with E-state index in [0.29, 0.717) is 12.8 Å². The molecule has 2 heterocycles. The summed E-state index contributed by atoms with van der Waals surface area (Å²) in [5.41, 5.74) is 1.84. The maximum absolute atomic E-state index is 12.7. The fourth-order valence-electron chi connectivity index (χ4n) is 3.97. The number of ether oxygens (including phenoxy) is 1. The molecule has 0 saturated heterocycles. The smallest absolute Gasteiger partial charge is 0.306 e. The van der Waals surface area contributed by atoms with Gasteiger partial charge in [-0.1, -0.05) is 32.9 Å². The number of carbonyl (C=O) groups excluding carboxylic acids is 2. The fourth-order valence-corrected chi connectivity index (χ4v) is 4.54. The molecule has 0 bridgehead atoms. The third-order valence-electron chi connectivity index (χ3n) is 6.15. The molecule has 1 aromatic heterocycles. The maximum atomic E-state index is 12.7. The average Bonchev–Trinajstić information content (AvgIpc) is 3.15. The minimum atomic E-state index is -0.648. The predicted octanol–water partition coefficient (Wildman–Crippen LogP) is 5.52. The zero-order valence-corrected chi connectivity index (χ0v) is 20.3. The van der Waals surface area contributed by atoms with Crippen molar-refractivity contribution in [3.05, 3.63) is 33.8 Å². The molecular weight excluding hydrogens is 410 g/mol. The van der Waals surface area contributed by atoms with Gasteiger partial charge in [0.25, 0.3) is 0 Å². The van der Waals surface area contributed by atoms with Crippen molar-refractivity contribution in [3.63, 3.8) is 0 Å². The number of rotatable bonds is 2. The minimum Gasteiger partial charge on any atom is -0.457 e. The molecule has 0 saturated carbocycles. The van der Waals surface area contributed by atoms with E-state index in [2.05, 4.69) is 17.1 Å². The SMILES string of the molecule is C/C(=C\c1csc(C)n1)[C@@H]1C/C=C\CCC[C@H](C)[C@H](O)[C@@H](C)C(=O)[C@H](C)CCC(=O)O1. The summed E-state index contributed by atoms with van der Waals surface area (Å²) in [6.45, 7) is 9.58. The molecule has 1 N–H and O–H groups in total. The first-order valence-corrected chi connectivity index (χ1v) is 12.2. The van der Waals surface area contributed by atoms with Crippen LogP contribution in [0.4, 0.5) is 0 Å². The summed E-state index contributed by atoms with van der Waals surface area (Å²) in [4.78, 5) is 29.8. The largest absolute Gasteiger partial charge is 0.457 e. The van der Waals surface area contributed by atoms with Crippen molar-refractivity contribution < 1.29 is 19.4 Å². The quantitative estimate of drug-likeness (QED) is 0.477. The van der Waals surface area contributed by atoms with Gasteiger partial charge in [0.15, 0.2) is 0 Å². The van der Waals surface area contributed by atoms with Gasteiger partial charge >= 0.3 is 5.97 Å². The third-order valence-corrected chi connectivity index (χ3v) is 6.94. The highest BCUT2D eigenvalue weighted by molar-refractivity contribution is 7.09. The van der Waals surface area contributed by atoms with Crippen LogP contribution in [0, 0.1) is 24.7 Å². The summed E-state index contributed by atoms with van der Waals surface area (Å²) < 4.78 is 5.80. The highest BCUT2D eigenvalue weighted by Gasteiger charge is 2.30. The molecule has 1 aliphatic heterocycles. The number of aliphatic hydroxyl groups excluding tert-OH is 1. The number of carbonyl (C=O) groups is 2. The summed E-state index contributed by atoms with van der Waals surface area (Å²) in [6, 6.07) is 0. The lowest BCUT2D eigenvalue weighted by Crippen LogP contribution is -2.34. The number of aromatic nitrogens is 1. The molecule has 6 heteroatoms. The van der Waals surface area contributed by atoms with E-state index in [9.17, 15) is 14.7 Å². The molecule has 0 radical (unpaired) electrons. The molecular formula is C25H37NO4S. The van der Waals surface area contributed by atoms with Crippen LogP contribution in [0.5, 0.6) is 0 Å². The Morgan fingerprint density at radius 2 is 1.97 bits per heavy atom. The molecule has 0 unspecified atom stereocenters. The van der Waals surface area contributed by atoms with Gasteiger partial charge < -0.3 is 9.84 Å². The van der Waals surface area contributed by atoms with E-state index in [1.54, 1.807) is 18.3 Å². The number of hydrogen-bond acceptors (Lipinski definition) is 6. The van der Waals surface area contributed by atoms with Gasteiger partial charge in [0.2, 0.25) is 0 Å². The molecule has 1 aromatic rings. The summed E-state index contributed by atoms with van der Waals surface area (Å²) in [5.74, 6) is -0.925. The monoisotopic (exact) mass is 447 g/mol. The van der Waals surface area contributed by atoms with Gasteiger partial charge in [-0.15, -0.1) is 11.3 Å². The zero-order valence-electron chi connectivity index (χ0n) is 19.5. The molecule has 5 nitrogen and oxygen atoms in total. The number of aryl methyl sites for hydroxylation is 1. The Labute approximate surface area is 190 Å². The van der Waals surface area contributed by atoms with Crippen molar-refractivity contribution in [2.75, 3.05) is 0 Å². The van der Waals surface area contributed by atoms with Crippen LogP contribution in [0.1, 0.15) is 76.9 Å². The fraction of sp³-hybridized carbons (Fsp3) is 0.640. The van der Waals surface area contributed by atoms with E-state index < -0.39 is 12.0 Å². The number of ketones is 1. The van der Waals surface area contributed by atoms with Crippen molar-refractivity contribution in [1.82, 2.24) is 4.98 Å². The number of Topliss-reactive ketones (excluding diaryl/α,β-unsaturated/α-hetero) is 1. The van der Waals surface area contributed by atoms with Gasteiger partial charge in [-0.3, -0.25) is 9.59 Å². The summed E-state index contributed by atoms with van der Waals surface area (Å²) >= 11 is 1.59. The highest BCUT2D eigenvalue weighted by Crippen LogP contribution is 2.25. The second kappa shape index (κ2) is 12.3. The van der Waals surface area contributed by atoms with Crippen LogP contribution in [0.25, 0.3) is 6.08 Å². The second-order valence-corrected chi connectivity index (χ2v) is 9.96. The van der Waals surface area contributed by atoms with Crippen LogP contribution in [0.2, 0.25) is 0 Å². The number of cyclic esters (lactones) is 1. The molecule has 2 rings (SSSR count). The Morgan fingerprint density at radius 3 is 2.65 bits per heavy atom. The summed E-state index contributed by atoms with van der Waals surface area (Å²) in [7, 11) is 0. The van der Waals surface area contributed by atoms with E-state index >= 15 is 0 Å². The first-order chi connectivity index (χ1) is 14.7. The van der Waals surface area contributed by atoms with Crippen molar-refractivity contribution in [3.8, 4) is 0 Å². The molecule has 5 atom stereocenters. The Bertz CT molecular complexity index is 797. The van der Waals surface area contributed by atoms with Crippen molar-refractivity contribution in [2.24, 2.45) is 17.8 Å². The van der Waals surface area contributed by atoms with Crippen molar-refractivity contribution in [2.45, 2.75) is 85.4 Å². The van der Waals surface area contributed by atoms with Crippen LogP contribution in [0.15, 0.2) is 23.1 Å². The van der Waals surface area contributed by atoms with Crippen molar-refractivity contribution >= 4 is 29.2 Å². The highest BCUT2D eigenvalue weighted by atomic mass is 32.1. The molecule has 0 amide bonds. The van der Waals surface area contributed by atoms with E-state index in [1.165, 1.54) is 0 Å². The Hall–Kier alpha value is -1.79. The molecule has 0 fully saturated rings. The van der Waals surface area contributed by atoms with Gasteiger partial charge in [-0.2, -0.15) is 0 Å². The number of allylic oxidation sites excluding steroid dienone is 1. The lowest BCUT2D eigenvalue weighted by Gasteiger charge is -2.26. The van der Waals surface area contributed by atoms with Gasteiger partial charge in [0.05, 0.1) is 16.8 Å². The maximum Gasteiger partial charge on any atom is 0.306 e. The van der Waals surface area contributed by atoms with E-state index in [-0.39, 0.29) is 36.1 Å². The number of thiazole rings is 1. The van der Waals surface area contributed by atoms with Crippen molar-refractivity contribution in [1.29, 1.82) is 0 Å². The zero-order chi connectivity index (χ0) is 23.0. The van der Waals surface area contributed by atoms with Crippen LogP contribution in [0.3, 0.4) is 0 Å². The number of nitrogens with zero attached hydrogens (tertiary/aromatic N) is 1. The van der Waals surface area contributed by atoms with E-state index in [4.69, 9.17) is 4.74 Å². The number of hydrogen-bond donors (Lipinski definition) is 1. The first-order valence-electron chi connectivity index (χ1n) is 11.4. The van der Waals surface area contributed by atoms with Crippen LogP contribution < -0.4 is 0 Å². The summed E-state index contributed by atoms with van der Waals surface area (Å²) in [6.07, 6.45) is 9.12. The molecule has 0 aromatic carbocycles. The lowest BCUT2D eigenvalue weighted by atomic mass is 9.82. The standard InChI is InChI=1S/C25H37NO4S/c1-16-10-8-6-7-9-11-22(18(3)14-21-15-31-20(5)26-21)30-23(27)13-12-17(2)25(29)19(4)24(16)28/h7,9,14-17,19,22,24,28H,6,8,10-13H2,1-5H3/b9-7-,18-14+/t16-,17+,19+,22-,24-/m0/s1. The van der Waals surface area contributed by atoms with Crippen LogP contribution >= 0.6 is 11.3 Å². The average molecular weight is 448 g/mol. The first kappa shape index (κ1) is 25.5. The molecule has 172 valence electrons. The Balaban J connectivity index is 2.15. The van der Waals surface area contributed by atoms with Gasteiger partial charge in [-0.25, -0.2) is 4.98 Å². The van der Waals surface area contributed by atoms with Gasteiger partial charge in [0, 0.05) is 30.1 Å². The van der Waals surface area contributed by atoms with Crippen LogP contribution in [-0.2, 0) is 14.3 Å². The topological polar surface area (TPSA) is 76.5 Å². The van der Waals surface area contributed by atoms with Gasteiger partial charge in [-0.05, 0) is 57.1 Å². The number of esters is 1. The van der Waals surface area contributed by atoms with E-state index in [0.717, 1.165) is 35.5 Å². The van der Waals surface area contributed by atoms with Gasteiger partial charge in [0.1, 0.15) is 11.9 Å². The summed E-state index contributed by atoms with van der Waals surface area (Å²) in [5, 5.41) is 13.6. The molecule has 0 spiro atoms. The third kappa shape index (κ3) is 8.00. The predicted molar refractivity (Wildman–Crippen MR) is 126 cm³/mol. The van der Waals surface area contributed by atoms with E-state index in [1.807, 2.05) is 39.2 Å². The number of aliphatic hydroxyl groups is 1. The Morgan fingerprint density at radius 1 is 1.23 bits per heavy atom. The normalized spacial score (nSPS) is 31.3. The molecule has 31 heavy (non-hydrogen) atoms. The Kier molecular flexibility index (Phi) is 10.1. The lowest BCUT2D eigenvalue weighted by molar-refractivity contribution is -0.147. The second-order valence-electron chi connectivity index (χ2n) is 8.89. The minimum absolute atomic E-state index is 0.0191. The molecule has 1 aliphatic rings.